The standard InChI is InChI=1S/C18H33N2O2.HI/c1-4-6-8-10-13-19-15-17(11-12-18(21)22-3)20(16-19)14-9-7-5-2;/h15-16H,4-14H2,1-3H3;1H/q+1;/p-1. The molecule has 1 heterocycles. The Kier molecular flexibility index (Phi) is 13.5. The van der Waals surface area contributed by atoms with E-state index in [1.165, 1.54) is 57.7 Å². The molecule has 0 aliphatic carbocycles. The molecule has 0 bridgehead atoms. The number of rotatable bonds is 12. The van der Waals surface area contributed by atoms with Crippen molar-refractivity contribution in [3.63, 3.8) is 0 Å². The molecule has 4 nitrogen and oxygen atoms in total. The third kappa shape index (κ3) is 9.33. The minimum atomic E-state index is -0.129. The molecule has 0 saturated heterocycles. The first kappa shape index (κ1) is 22.4. The summed E-state index contributed by atoms with van der Waals surface area (Å²) in [5.41, 5.74) is 1.25. The van der Waals surface area contributed by atoms with Crippen molar-refractivity contribution in [3.05, 3.63) is 18.2 Å². The second-order valence-corrected chi connectivity index (χ2v) is 6.01. The number of carbonyl (C=O) groups excluding carboxylic acids is 1. The number of hydrogen-bond acceptors (Lipinski definition) is 2. The van der Waals surface area contributed by atoms with Gasteiger partial charge in [0, 0.05) is 6.42 Å². The number of unbranched alkanes of at least 4 members (excludes halogenated alkanes) is 5. The Bertz CT molecular complexity index is 433. The summed E-state index contributed by atoms with van der Waals surface area (Å²) in [4.78, 5) is 11.4. The molecule has 0 radical (unpaired) electrons. The Morgan fingerprint density at radius 3 is 2.48 bits per heavy atom. The number of carbonyl (C=O) groups is 1. The first-order valence-electron chi connectivity index (χ1n) is 8.86. The molecule has 0 spiro atoms. The fraction of sp³-hybridized carbons (Fsp3) is 0.778. The van der Waals surface area contributed by atoms with Crippen molar-refractivity contribution >= 4 is 5.97 Å². The van der Waals surface area contributed by atoms with Crippen LogP contribution in [-0.2, 0) is 29.0 Å². The monoisotopic (exact) mass is 436 g/mol. The van der Waals surface area contributed by atoms with E-state index >= 15 is 0 Å². The molecule has 0 aliphatic rings. The van der Waals surface area contributed by atoms with Crippen LogP contribution in [0, 0.1) is 0 Å². The highest BCUT2D eigenvalue weighted by Gasteiger charge is 2.14. The van der Waals surface area contributed by atoms with Crippen molar-refractivity contribution in [2.75, 3.05) is 7.11 Å². The molecule has 1 rings (SSSR count). The molecule has 1 aromatic rings. The van der Waals surface area contributed by atoms with Gasteiger partial charge in [-0.05, 0) is 25.7 Å². The van der Waals surface area contributed by atoms with Gasteiger partial charge in [-0.25, -0.2) is 9.13 Å². The normalized spacial score (nSPS) is 10.4. The van der Waals surface area contributed by atoms with Crippen LogP contribution < -0.4 is 28.5 Å². The van der Waals surface area contributed by atoms with E-state index in [9.17, 15) is 4.79 Å². The number of hydrogen-bond donors (Lipinski definition) is 0. The van der Waals surface area contributed by atoms with Gasteiger partial charge >= 0.3 is 5.97 Å². The van der Waals surface area contributed by atoms with Gasteiger partial charge in [-0.15, -0.1) is 0 Å². The summed E-state index contributed by atoms with van der Waals surface area (Å²) >= 11 is 0. The SMILES string of the molecule is CCCCCCn1cc(CCC(=O)OC)[n+](CCCCC)c1.[I-]. The third-order valence-corrected chi connectivity index (χ3v) is 4.06. The average molecular weight is 436 g/mol. The fourth-order valence-electron chi connectivity index (χ4n) is 2.67. The summed E-state index contributed by atoms with van der Waals surface area (Å²) in [6.45, 7) is 6.59. The lowest BCUT2D eigenvalue weighted by molar-refractivity contribution is -0.703. The van der Waals surface area contributed by atoms with Crippen LogP contribution in [0.2, 0.25) is 0 Å². The molecular formula is C18H33IN2O2. The van der Waals surface area contributed by atoms with Gasteiger partial charge < -0.3 is 28.7 Å². The van der Waals surface area contributed by atoms with Gasteiger partial charge in [0.1, 0.15) is 11.9 Å². The number of esters is 1. The summed E-state index contributed by atoms with van der Waals surface area (Å²) in [6.07, 6.45) is 14.4. The van der Waals surface area contributed by atoms with Crippen molar-refractivity contribution < 1.29 is 38.1 Å². The van der Waals surface area contributed by atoms with Crippen LogP contribution in [-0.4, -0.2) is 17.6 Å². The van der Waals surface area contributed by atoms with Crippen molar-refractivity contribution in [1.29, 1.82) is 0 Å². The third-order valence-electron chi connectivity index (χ3n) is 4.06. The highest BCUT2D eigenvalue weighted by molar-refractivity contribution is 5.69. The van der Waals surface area contributed by atoms with E-state index in [1.807, 2.05) is 0 Å². The molecule has 0 saturated carbocycles. The van der Waals surface area contributed by atoms with Crippen LogP contribution in [0.25, 0.3) is 0 Å². The summed E-state index contributed by atoms with van der Waals surface area (Å²) in [7, 11) is 1.45. The van der Waals surface area contributed by atoms with Gasteiger partial charge in [0.2, 0.25) is 6.33 Å². The lowest BCUT2D eigenvalue weighted by atomic mass is 10.2. The lowest BCUT2D eigenvalue weighted by Gasteiger charge is -2.01. The van der Waals surface area contributed by atoms with Crippen molar-refractivity contribution in [3.8, 4) is 0 Å². The van der Waals surface area contributed by atoms with E-state index in [-0.39, 0.29) is 29.9 Å². The maximum absolute atomic E-state index is 11.4. The highest BCUT2D eigenvalue weighted by atomic mass is 127. The van der Waals surface area contributed by atoms with Crippen LogP contribution in [0.5, 0.6) is 0 Å². The lowest BCUT2D eigenvalue weighted by Crippen LogP contribution is -3.00. The minimum Gasteiger partial charge on any atom is -1.00 e. The van der Waals surface area contributed by atoms with E-state index in [4.69, 9.17) is 4.74 Å². The quantitative estimate of drug-likeness (QED) is 0.209. The predicted molar refractivity (Wildman–Crippen MR) is 88.6 cm³/mol. The Labute approximate surface area is 158 Å². The molecular weight excluding hydrogens is 403 g/mol. The molecule has 0 aliphatic heterocycles. The van der Waals surface area contributed by atoms with Crippen molar-refractivity contribution in [1.82, 2.24) is 4.57 Å². The summed E-state index contributed by atoms with van der Waals surface area (Å²) in [5.74, 6) is -0.129. The Morgan fingerprint density at radius 1 is 1.13 bits per heavy atom. The summed E-state index contributed by atoms with van der Waals surface area (Å²) < 4.78 is 9.36. The number of ether oxygens (including phenoxy) is 1. The molecule has 0 unspecified atom stereocenters. The van der Waals surface area contributed by atoms with E-state index in [2.05, 4.69) is 35.5 Å². The number of methoxy groups -OCH3 is 1. The van der Waals surface area contributed by atoms with Crippen LogP contribution in [0.4, 0.5) is 0 Å². The van der Waals surface area contributed by atoms with E-state index in [0.717, 1.165) is 19.5 Å². The van der Waals surface area contributed by atoms with Crippen LogP contribution >= 0.6 is 0 Å². The number of aromatic nitrogens is 2. The molecule has 1 aromatic heterocycles. The second-order valence-electron chi connectivity index (χ2n) is 6.01. The molecule has 0 aromatic carbocycles. The van der Waals surface area contributed by atoms with E-state index in [0.29, 0.717) is 6.42 Å². The van der Waals surface area contributed by atoms with Gasteiger partial charge in [0.25, 0.3) is 0 Å². The number of halogens is 1. The Balaban J connectivity index is 0.00000484. The van der Waals surface area contributed by atoms with E-state index in [1.54, 1.807) is 0 Å². The molecule has 23 heavy (non-hydrogen) atoms. The zero-order chi connectivity index (χ0) is 16.2. The van der Waals surface area contributed by atoms with E-state index < -0.39 is 0 Å². The highest BCUT2D eigenvalue weighted by Crippen LogP contribution is 2.06. The molecule has 0 fully saturated rings. The number of nitrogens with zero attached hydrogens (tertiary/aromatic N) is 2. The fourth-order valence-corrected chi connectivity index (χ4v) is 2.67. The van der Waals surface area contributed by atoms with Crippen LogP contribution in [0.15, 0.2) is 12.5 Å². The molecule has 5 heteroatoms. The maximum Gasteiger partial charge on any atom is 0.305 e. The largest absolute Gasteiger partial charge is 1.00 e. The first-order chi connectivity index (χ1) is 10.7. The van der Waals surface area contributed by atoms with Crippen molar-refractivity contribution in [2.45, 2.75) is 84.7 Å². The molecule has 0 atom stereocenters. The minimum absolute atomic E-state index is 0. The van der Waals surface area contributed by atoms with Gasteiger partial charge in [-0.1, -0.05) is 33.1 Å². The zero-order valence-electron chi connectivity index (χ0n) is 15.0. The van der Waals surface area contributed by atoms with Gasteiger partial charge in [0.15, 0.2) is 0 Å². The average Bonchev–Trinajstić information content (AvgIpc) is 2.91. The smallest absolute Gasteiger partial charge is 0.305 e. The predicted octanol–water partition coefficient (Wildman–Crippen LogP) is 0.656. The maximum atomic E-state index is 11.4. The van der Waals surface area contributed by atoms with Crippen molar-refractivity contribution in [2.24, 2.45) is 0 Å². The molecule has 0 amide bonds. The van der Waals surface area contributed by atoms with Gasteiger partial charge in [-0.2, -0.15) is 0 Å². The van der Waals surface area contributed by atoms with Crippen LogP contribution in [0.3, 0.4) is 0 Å². The summed E-state index contributed by atoms with van der Waals surface area (Å²) in [5, 5.41) is 0. The Morgan fingerprint density at radius 2 is 1.83 bits per heavy atom. The molecule has 134 valence electrons. The number of imidazole rings is 1. The zero-order valence-corrected chi connectivity index (χ0v) is 17.2. The topological polar surface area (TPSA) is 35.1 Å². The van der Waals surface area contributed by atoms with Gasteiger partial charge in [-0.3, -0.25) is 4.79 Å². The summed E-state index contributed by atoms with van der Waals surface area (Å²) in [6, 6.07) is 0. The number of aryl methyl sites for hydroxylation is 3. The Hall–Kier alpha value is -0.590. The second kappa shape index (κ2) is 13.8. The first-order valence-corrected chi connectivity index (χ1v) is 8.86. The van der Waals surface area contributed by atoms with Gasteiger partial charge in [0.05, 0.1) is 26.6 Å². The van der Waals surface area contributed by atoms with Crippen LogP contribution in [0.1, 0.15) is 70.9 Å². The molecule has 0 N–H and O–H groups in total.